The molecule has 1 aromatic heterocycles. The molecule has 1 heterocycles. The molecule has 0 fully saturated rings. The van der Waals surface area contributed by atoms with Crippen LogP contribution in [-0.4, -0.2) is 28.9 Å². The van der Waals surface area contributed by atoms with E-state index in [1.165, 1.54) is 16.2 Å². The number of carbonyl (C=O) groups is 1. The Bertz CT molecular complexity index is 722. The number of carbonyl (C=O) groups excluding carboxylic acids is 1. The van der Waals surface area contributed by atoms with E-state index in [1.807, 2.05) is 12.1 Å². The molecule has 0 aliphatic rings. The Labute approximate surface area is 126 Å². The Morgan fingerprint density at radius 1 is 1.29 bits per heavy atom. The average molecular weight is 299 g/mol. The summed E-state index contributed by atoms with van der Waals surface area (Å²) >= 11 is 1.32. The van der Waals surface area contributed by atoms with Gasteiger partial charge in [0.25, 0.3) is 5.91 Å². The molecular weight excluding hydrogens is 286 g/mol. The number of nitrogen functional groups attached to an aromatic ring is 1. The van der Waals surface area contributed by atoms with E-state index in [2.05, 4.69) is 4.98 Å². The lowest BCUT2D eigenvalue weighted by atomic mass is 10.1. The lowest BCUT2D eigenvalue weighted by Gasteiger charge is -2.20. The van der Waals surface area contributed by atoms with Crippen molar-refractivity contribution in [2.75, 3.05) is 18.8 Å². The molecule has 2 rings (SSSR count). The number of nitriles is 2. The minimum absolute atomic E-state index is 0.186. The van der Waals surface area contributed by atoms with Crippen molar-refractivity contribution in [1.29, 1.82) is 10.5 Å². The summed E-state index contributed by atoms with van der Waals surface area (Å²) in [4.78, 5) is 18.1. The number of hydrogen-bond acceptors (Lipinski definition) is 6. The zero-order valence-electron chi connectivity index (χ0n) is 11.2. The van der Waals surface area contributed by atoms with Gasteiger partial charge >= 0.3 is 0 Å². The van der Waals surface area contributed by atoms with E-state index in [-0.39, 0.29) is 18.7 Å². The van der Waals surface area contributed by atoms with Crippen molar-refractivity contribution in [3.63, 3.8) is 0 Å². The third kappa shape index (κ3) is 3.47. The third-order valence-corrected chi connectivity index (χ3v) is 3.77. The zero-order chi connectivity index (χ0) is 15.2. The van der Waals surface area contributed by atoms with Gasteiger partial charge < -0.3 is 10.6 Å². The molecule has 1 aromatic carbocycles. The van der Waals surface area contributed by atoms with Gasteiger partial charge in [0.05, 0.1) is 35.2 Å². The van der Waals surface area contributed by atoms with Gasteiger partial charge in [0.15, 0.2) is 5.13 Å². The second-order valence-corrected chi connectivity index (χ2v) is 5.41. The summed E-state index contributed by atoms with van der Waals surface area (Å²) in [6.45, 7) is 0.639. The van der Waals surface area contributed by atoms with Crippen LogP contribution in [-0.2, 0) is 0 Å². The summed E-state index contributed by atoms with van der Waals surface area (Å²) < 4.78 is 0.846. The van der Waals surface area contributed by atoms with Gasteiger partial charge in [-0.05, 0) is 18.2 Å². The van der Waals surface area contributed by atoms with E-state index >= 15 is 0 Å². The number of nitrogens with two attached hydrogens (primary N) is 1. The largest absolute Gasteiger partial charge is 0.375 e. The maximum Gasteiger partial charge on any atom is 0.253 e. The maximum atomic E-state index is 12.5. The molecule has 21 heavy (non-hydrogen) atoms. The predicted molar refractivity (Wildman–Crippen MR) is 80.4 cm³/mol. The molecule has 0 saturated heterocycles. The first kappa shape index (κ1) is 14.8. The first-order valence-electron chi connectivity index (χ1n) is 6.35. The number of aromatic nitrogens is 1. The highest BCUT2D eigenvalue weighted by molar-refractivity contribution is 7.22. The van der Waals surface area contributed by atoms with Crippen molar-refractivity contribution < 1.29 is 4.79 Å². The van der Waals surface area contributed by atoms with E-state index < -0.39 is 0 Å². The maximum absolute atomic E-state index is 12.5. The van der Waals surface area contributed by atoms with Crippen LogP contribution in [0.3, 0.4) is 0 Å². The minimum atomic E-state index is -0.186. The normalized spacial score (nSPS) is 10.0. The standard InChI is InChI=1S/C14H13N5OS/c15-5-1-7-19(8-2-6-16)13(20)10-3-4-11-12(9-10)21-14(17)18-11/h3-4,9H,1-2,7-8H2,(H2,17,18). The predicted octanol–water partition coefficient (Wildman–Crippen LogP) is 2.15. The minimum Gasteiger partial charge on any atom is -0.375 e. The van der Waals surface area contributed by atoms with Gasteiger partial charge in [-0.25, -0.2) is 4.98 Å². The number of fused-ring (bicyclic) bond motifs is 1. The fraction of sp³-hybridized carbons (Fsp3) is 0.286. The van der Waals surface area contributed by atoms with Gasteiger partial charge in [-0.1, -0.05) is 11.3 Å². The van der Waals surface area contributed by atoms with Crippen molar-refractivity contribution in [1.82, 2.24) is 9.88 Å². The highest BCUT2D eigenvalue weighted by atomic mass is 32.1. The Hall–Kier alpha value is -2.64. The molecule has 0 aliphatic heterocycles. The molecule has 7 heteroatoms. The summed E-state index contributed by atoms with van der Waals surface area (Å²) in [5.74, 6) is -0.186. The SMILES string of the molecule is N#CCCN(CCC#N)C(=O)c1ccc2nc(N)sc2c1. The first-order valence-corrected chi connectivity index (χ1v) is 7.16. The number of anilines is 1. The van der Waals surface area contributed by atoms with Crippen molar-refractivity contribution in [3.05, 3.63) is 23.8 Å². The number of nitrogens with zero attached hydrogens (tertiary/aromatic N) is 4. The Kier molecular flexibility index (Phi) is 4.70. The first-order chi connectivity index (χ1) is 10.2. The van der Waals surface area contributed by atoms with Gasteiger partial charge in [0.1, 0.15) is 0 Å². The molecule has 0 aliphatic carbocycles. The lowest BCUT2D eigenvalue weighted by Crippen LogP contribution is -2.32. The number of thiazole rings is 1. The molecule has 2 aromatic rings. The molecule has 106 valence electrons. The Morgan fingerprint density at radius 3 is 2.57 bits per heavy atom. The van der Waals surface area contributed by atoms with Crippen LogP contribution >= 0.6 is 11.3 Å². The number of rotatable bonds is 5. The van der Waals surface area contributed by atoms with E-state index in [4.69, 9.17) is 16.3 Å². The number of amides is 1. The van der Waals surface area contributed by atoms with Crippen LogP contribution in [0, 0.1) is 22.7 Å². The van der Waals surface area contributed by atoms with Crippen LogP contribution in [0.4, 0.5) is 5.13 Å². The van der Waals surface area contributed by atoms with Crippen LogP contribution in [0.25, 0.3) is 10.2 Å². The second-order valence-electron chi connectivity index (χ2n) is 4.34. The molecule has 0 atom stereocenters. The van der Waals surface area contributed by atoms with Gasteiger partial charge in [-0.15, -0.1) is 0 Å². The molecular formula is C14H13N5OS. The topological polar surface area (TPSA) is 107 Å². The van der Waals surface area contributed by atoms with Crippen molar-refractivity contribution in [3.8, 4) is 12.1 Å². The van der Waals surface area contributed by atoms with E-state index in [9.17, 15) is 4.79 Å². The summed E-state index contributed by atoms with van der Waals surface area (Å²) in [7, 11) is 0. The molecule has 1 amide bonds. The number of hydrogen-bond donors (Lipinski definition) is 1. The van der Waals surface area contributed by atoms with E-state index in [0.29, 0.717) is 23.8 Å². The summed E-state index contributed by atoms with van der Waals surface area (Å²) in [5.41, 5.74) is 6.92. The molecule has 6 nitrogen and oxygen atoms in total. The van der Waals surface area contributed by atoms with Crippen molar-refractivity contribution in [2.45, 2.75) is 12.8 Å². The van der Waals surface area contributed by atoms with Crippen molar-refractivity contribution in [2.24, 2.45) is 0 Å². The molecule has 2 N–H and O–H groups in total. The average Bonchev–Trinajstić information content (AvgIpc) is 2.85. The van der Waals surface area contributed by atoms with Gasteiger partial charge in [0.2, 0.25) is 0 Å². The van der Waals surface area contributed by atoms with Gasteiger partial charge in [-0.3, -0.25) is 4.79 Å². The quantitative estimate of drug-likeness (QED) is 0.910. The molecule has 0 spiro atoms. The lowest BCUT2D eigenvalue weighted by molar-refractivity contribution is 0.0762. The van der Waals surface area contributed by atoms with Crippen LogP contribution in [0.5, 0.6) is 0 Å². The molecule has 0 radical (unpaired) electrons. The molecule has 0 bridgehead atoms. The Balaban J connectivity index is 2.24. The zero-order valence-corrected chi connectivity index (χ0v) is 12.1. The van der Waals surface area contributed by atoms with E-state index in [0.717, 1.165) is 10.2 Å². The second kappa shape index (κ2) is 6.69. The van der Waals surface area contributed by atoms with Gasteiger partial charge in [0, 0.05) is 18.7 Å². The van der Waals surface area contributed by atoms with E-state index in [1.54, 1.807) is 18.2 Å². The molecule has 0 unspecified atom stereocenters. The summed E-state index contributed by atoms with van der Waals surface area (Å²) in [6.07, 6.45) is 0.486. The number of benzene rings is 1. The fourth-order valence-electron chi connectivity index (χ4n) is 1.94. The summed E-state index contributed by atoms with van der Waals surface area (Å²) in [6, 6.07) is 9.21. The van der Waals surface area contributed by atoms with Crippen LogP contribution in [0.15, 0.2) is 18.2 Å². The van der Waals surface area contributed by atoms with Crippen LogP contribution in [0.1, 0.15) is 23.2 Å². The fourth-order valence-corrected chi connectivity index (χ4v) is 2.72. The highest BCUT2D eigenvalue weighted by Crippen LogP contribution is 2.25. The van der Waals surface area contributed by atoms with Crippen LogP contribution < -0.4 is 5.73 Å². The monoisotopic (exact) mass is 299 g/mol. The Morgan fingerprint density at radius 2 is 1.95 bits per heavy atom. The smallest absolute Gasteiger partial charge is 0.253 e. The highest BCUT2D eigenvalue weighted by Gasteiger charge is 2.16. The van der Waals surface area contributed by atoms with Gasteiger partial charge in [-0.2, -0.15) is 10.5 Å². The molecule has 0 saturated carbocycles. The third-order valence-electron chi connectivity index (χ3n) is 2.93. The van der Waals surface area contributed by atoms with Crippen molar-refractivity contribution >= 4 is 32.6 Å². The summed E-state index contributed by atoms with van der Waals surface area (Å²) in [5, 5.41) is 17.8. The van der Waals surface area contributed by atoms with Crippen LogP contribution in [0.2, 0.25) is 0 Å².